The van der Waals surface area contributed by atoms with Gasteiger partial charge in [0.2, 0.25) is 0 Å². The molecule has 0 aromatic heterocycles. The second-order valence-corrected chi connectivity index (χ2v) is 23.5. The van der Waals surface area contributed by atoms with Gasteiger partial charge >= 0.3 is 18.1 Å². The van der Waals surface area contributed by atoms with Crippen LogP contribution < -0.4 is 5.73 Å². The Morgan fingerprint density at radius 3 is 2.19 bits per heavy atom. The molecule has 1 aromatic carbocycles. The van der Waals surface area contributed by atoms with Crippen LogP contribution in [0.5, 0.6) is 0 Å². The molecule has 5 aliphatic heterocycles. The predicted molar refractivity (Wildman–Crippen MR) is 267 cm³/mol. The van der Waals surface area contributed by atoms with Gasteiger partial charge in [0.25, 0.3) is 0 Å². The zero-order valence-corrected chi connectivity index (χ0v) is 47.7. The van der Waals surface area contributed by atoms with Crippen molar-refractivity contribution < 1.29 is 77.4 Å². The molecular formula is C49H77Br3N2O16. The van der Waals surface area contributed by atoms with Gasteiger partial charge < -0.3 is 73.7 Å². The van der Waals surface area contributed by atoms with Crippen molar-refractivity contribution in [1.82, 2.24) is 4.90 Å². The number of carboxylic acids is 1. The molecule has 5 heterocycles. The number of rotatable bonds is 11. The highest BCUT2D eigenvalue weighted by Crippen LogP contribution is 2.54. The average molecular weight is 1190 g/mol. The molecule has 6 N–H and O–H groups in total. The van der Waals surface area contributed by atoms with E-state index >= 15 is 0 Å². The van der Waals surface area contributed by atoms with Crippen LogP contribution in [0.3, 0.4) is 0 Å². The van der Waals surface area contributed by atoms with E-state index in [4.69, 9.17) is 53.5 Å². The van der Waals surface area contributed by atoms with Gasteiger partial charge in [0, 0.05) is 44.8 Å². The Balaban J connectivity index is 0.000000453. The van der Waals surface area contributed by atoms with Crippen LogP contribution in [0.15, 0.2) is 19.5 Å². The number of carbonyl (C=O) groups is 3. The third-order valence-electron chi connectivity index (χ3n) is 15.7. The van der Waals surface area contributed by atoms with Gasteiger partial charge in [-0.1, -0.05) is 50.5 Å². The summed E-state index contributed by atoms with van der Waals surface area (Å²) in [5.41, 5.74) is 3.61. The first-order valence-electron chi connectivity index (χ1n) is 24.3. The molecule has 5 saturated heterocycles. The van der Waals surface area contributed by atoms with Crippen LogP contribution in [0.25, 0.3) is 0 Å². The Morgan fingerprint density at radius 2 is 1.61 bits per heavy atom. The van der Waals surface area contributed by atoms with Gasteiger partial charge in [-0.25, -0.2) is 4.79 Å². The number of benzene rings is 1. The molecule has 1 aromatic rings. The Kier molecular flexibility index (Phi) is 19.5. The molecular weight excluding hydrogens is 1110 g/mol. The number of esters is 1. The number of cyclic esters (lactones) is 1. The van der Waals surface area contributed by atoms with Gasteiger partial charge in [0.1, 0.15) is 18.3 Å². The first-order chi connectivity index (χ1) is 32.4. The van der Waals surface area contributed by atoms with Crippen molar-refractivity contribution in [3.05, 3.63) is 25.0 Å². The number of halogens is 3. The van der Waals surface area contributed by atoms with E-state index in [1.54, 1.807) is 34.6 Å². The van der Waals surface area contributed by atoms with Crippen LogP contribution in [0.2, 0.25) is 0 Å². The summed E-state index contributed by atoms with van der Waals surface area (Å²) >= 11 is 10.2. The minimum atomic E-state index is -1.86. The average Bonchev–Trinajstić information content (AvgIpc) is 3.74. The van der Waals surface area contributed by atoms with E-state index in [0.717, 1.165) is 19.0 Å². The molecule has 18 nitrogen and oxygen atoms in total. The standard InChI is InChI=1S/C38H65NO14.C11H12Br3NO2/c1-14-25-37(10)31(51-34(43)52-37)22(6)38(44)18(2)16-36(9,53-38)30(50-33-27(40)24(39(11)12)15-19(3)46-33)20(4)28(21(5)32(42)48-25)49-26-17-35(8,45-13)29(41)23(7)47-26;1-2-5(11(16)17)3-6-7(12)4-8(13)10(15)9(6)14/h18-31,33,40-41,44H,14-17H2,1-13H3;4-5H,2-3,15H2,1H3,(H,16,17). The first kappa shape index (κ1) is 59.2. The summed E-state index contributed by atoms with van der Waals surface area (Å²) in [7, 11) is 5.29. The van der Waals surface area contributed by atoms with Crippen LogP contribution in [0, 0.1) is 29.6 Å². The van der Waals surface area contributed by atoms with Crippen molar-refractivity contribution in [3.63, 3.8) is 0 Å². The van der Waals surface area contributed by atoms with E-state index in [1.807, 2.05) is 66.6 Å². The molecule has 0 amide bonds. The number of carboxylic acid groups (broad SMARTS) is 1. The van der Waals surface area contributed by atoms with E-state index in [1.165, 1.54) is 7.11 Å². The van der Waals surface area contributed by atoms with E-state index in [0.29, 0.717) is 24.9 Å². The summed E-state index contributed by atoms with van der Waals surface area (Å²) in [5.74, 6) is -6.69. The number of hydrogen-bond donors (Lipinski definition) is 5. The minimum absolute atomic E-state index is 0.144. The van der Waals surface area contributed by atoms with Gasteiger partial charge in [-0.2, -0.15) is 0 Å². The van der Waals surface area contributed by atoms with E-state index in [2.05, 4.69) is 47.8 Å². The number of methoxy groups -OCH3 is 1. The Bertz CT molecular complexity index is 2020. The molecule has 20 atom stereocenters. The smallest absolute Gasteiger partial charge is 0.481 e. The normalized spacial score (nSPS) is 42.7. The quantitative estimate of drug-likeness (QED) is 0.108. The predicted octanol–water partition coefficient (Wildman–Crippen LogP) is 7.33. The highest BCUT2D eigenvalue weighted by Gasteiger charge is 2.67. The van der Waals surface area contributed by atoms with Crippen molar-refractivity contribution in [3.8, 4) is 0 Å². The second-order valence-electron chi connectivity index (χ2n) is 21.0. The lowest BCUT2D eigenvalue weighted by molar-refractivity contribution is -0.337. The SMILES string of the molecule is CCC(Cc1c(Br)cc(Br)c(N)c1Br)C(=O)O.CCC1OC(=O)C(C)C(OC2CC(C)(OC)C(O)C(C)O2)C(C)C(OC2OC(C)CC(N(C)C)C2O)C2(C)CC(C)C(O)(O2)C(C)C2OC(=O)OC12C. The van der Waals surface area contributed by atoms with Gasteiger partial charge in [0.15, 0.2) is 30.1 Å². The van der Waals surface area contributed by atoms with Crippen molar-refractivity contribution in [1.29, 1.82) is 0 Å². The van der Waals surface area contributed by atoms with Crippen LogP contribution in [-0.2, 0) is 58.6 Å². The number of fused-ring (bicyclic) bond motifs is 3. The number of ether oxygens (including phenoxy) is 9. The van der Waals surface area contributed by atoms with Crippen LogP contribution >= 0.6 is 47.8 Å². The Labute approximate surface area is 437 Å². The number of anilines is 1. The molecule has 0 spiro atoms. The number of nitrogen functional groups attached to an aromatic ring is 1. The fourth-order valence-corrected chi connectivity index (χ4v) is 13.7. The van der Waals surface area contributed by atoms with Crippen LogP contribution in [0.4, 0.5) is 10.5 Å². The molecule has 0 saturated carbocycles. The number of aliphatic hydroxyl groups excluding tert-OH is 2. The number of nitrogens with two attached hydrogens (primary N) is 1. The number of nitrogens with zero attached hydrogens (tertiary/aromatic N) is 1. The molecule has 0 aliphatic carbocycles. The Morgan fingerprint density at radius 1 is 0.971 bits per heavy atom. The zero-order chi connectivity index (χ0) is 52.7. The van der Waals surface area contributed by atoms with Gasteiger partial charge in [-0.3, -0.25) is 9.59 Å². The van der Waals surface area contributed by atoms with E-state index < -0.39 is 126 Å². The maximum absolute atomic E-state index is 14.4. The van der Waals surface area contributed by atoms with Crippen molar-refractivity contribution in [2.75, 3.05) is 26.9 Å². The lowest BCUT2D eigenvalue weighted by atomic mass is 9.75. The summed E-state index contributed by atoms with van der Waals surface area (Å²) in [6.07, 6.45) is -7.53. The Hall–Kier alpha value is -1.73. The van der Waals surface area contributed by atoms with Gasteiger partial charge in [0.05, 0.1) is 59.1 Å². The molecule has 2 bridgehead atoms. The van der Waals surface area contributed by atoms with Gasteiger partial charge in [-0.15, -0.1) is 0 Å². The molecule has 0 radical (unpaired) electrons. The third-order valence-corrected chi connectivity index (χ3v) is 17.9. The molecule has 5 aliphatic rings. The number of carbonyl (C=O) groups excluding carboxylic acids is 2. The molecule has 21 heteroatoms. The topological polar surface area (TPSA) is 244 Å². The van der Waals surface area contributed by atoms with Gasteiger partial charge in [-0.05, 0) is 131 Å². The fourth-order valence-electron chi connectivity index (χ4n) is 11.3. The van der Waals surface area contributed by atoms with E-state index in [9.17, 15) is 29.7 Å². The summed E-state index contributed by atoms with van der Waals surface area (Å²) in [6.45, 7) is 19.7. The number of aliphatic carboxylic acids is 1. The molecule has 20 unspecified atom stereocenters. The number of hydrogen-bond acceptors (Lipinski definition) is 17. The zero-order valence-electron chi connectivity index (χ0n) is 42.9. The number of aliphatic hydroxyl groups is 3. The van der Waals surface area contributed by atoms with Crippen LogP contribution in [0.1, 0.15) is 114 Å². The fraction of sp³-hybridized carbons (Fsp3) is 0.816. The summed E-state index contributed by atoms with van der Waals surface area (Å²) < 4.78 is 58.9. The van der Waals surface area contributed by atoms with E-state index in [-0.39, 0.29) is 31.4 Å². The second kappa shape index (κ2) is 23.0. The maximum atomic E-state index is 14.4. The molecule has 6 rings (SSSR count). The highest BCUT2D eigenvalue weighted by atomic mass is 79.9. The largest absolute Gasteiger partial charge is 0.509 e. The lowest BCUT2D eigenvalue weighted by Gasteiger charge is -2.49. The maximum Gasteiger partial charge on any atom is 0.509 e. The highest BCUT2D eigenvalue weighted by molar-refractivity contribution is 9.11. The third kappa shape index (κ3) is 11.9. The van der Waals surface area contributed by atoms with Crippen molar-refractivity contribution >= 4 is 71.6 Å². The lowest BCUT2D eigenvalue weighted by Crippen LogP contribution is -2.60. The summed E-state index contributed by atoms with van der Waals surface area (Å²) in [6, 6.07) is 1.56. The number of likely N-dealkylation sites (N-methyl/N-ethyl adjacent to an activating group) is 1. The minimum Gasteiger partial charge on any atom is -0.481 e. The van der Waals surface area contributed by atoms with Crippen LogP contribution in [-0.4, -0.2) is 155 Å². The molecule has 70 heavy (non-hydrogen) atoms. The molecule has 5 fully saturated rings. The summed E-state index contributed by atoms with van der Waals surface area (Å²) in [4.78, 5) is 40.2. The van der Waals surface area contributed by atoms with Crippen molar-refractivity contribution in [2.24, 2.45) is 29.6 Å². The first-order valence-corrected chi connectivity index (χ1v) is 26.7. The summed E-state index contributed by atoms with van der Waals surface area (Å²) in [5, 5.41) is 44.2. The molecule has 400 valence electrons. The van der Waals surface area contributed by atoms with Crippen molar-refractivity contribution in [2.45, 2.75) is 205 Å². The monoisotopic (exact) mass is 1190 g/mol.